The second-order valence-electron chi connectivity index (χ2n) is 7.74. The number of β-lactam (4-membered cyclic amide) rings is 1. The smallest absolute Gasteiger partial charge is 0.233 e. The van der Waals surface area contributed by atoms with Gasteiger partial charge in [-0.1, -0.05) is 54.6 Å². The molecule has 1 amide bonds. The first-order valence-corrected chi connectivity index (χ1v) is 10.4. The van der Waals surface area contributed by atoms with Gasteiger partial charge in [-0.25, -0.2) is 0 Å². The van der Waals surface area contributed by atoms with Crippen molar-refractivity contribution in [1.82, 2.24) is 0 Å². The molecule has 0 spiro atoms. The van der Waals surface area contributed by atoms with Crippen LogP contribution in [0.2, 0.25) is 0 Å². The number of methoxy groups -OCH3 is 1. The lowest BCUT2D eigenvalue weighted by Gasteiger charge is -2.47. The predicted molar refractivity (Wildman–Crippen MR) is 118 cm³/mol. The van der Waals surface area contributed by atoms with E-state index in [-0.39, 0.29) is 24.5 Å². The van der Waals surface area contributed by atoms with Crippen molar-refractivity contribution in [3.05, 3.63) is 95.6 Å². The van der Waals surface area contributed by atoms with Crippen LogP contribution in [0.5, 0.6) is 5.75 Å². The largest absolute Gasteiger partial charge is 0.497 e. The van der Waals surface area contributed by atoms with Crippen LogP contribution in [0.4, 0.5) is 5.69 Å². The maximum Gasteiger partial charge on any atom is 0.233 e. The summed E-state index contributed by atoms with van der Waals surface area (Å²) < 4.78 is 5.29. The molecule has 1 saturated heterocycles. The molecule has 4 heteroatoms. The number of nitrogens with zero attached hydrogens (tertiary/aromatic N) is 1. The van der Waals surface area contributed by atoms with Crippen molar-refractivity contribution in [2.75, 3.05) is 12.0 Å². The zero-order valence-corrected chi connectivity index (χ0v) is 17.2. The summed E-state index contributed by atoms with van der Waals surface area (Å²) in [7, 11) is 1.66. The van der Waals surface area contributed by atoms with Crippen LogP contribution in [-0.4, -0.2) is 18.1 Å². The monoisotopic (exact) mass is 401 g/mol. The summed E-state index contributed by atoms with van der Waals surface area (Å²) in [5, 5.41) is 9.19. The van der Waals surface area contributed by atoms with E-state index in [1.807, 2.05) is 59.5 Å². The first-order valence-electron chi connectivity index (χ1n) is 10.4. The van der Waals surface area contributed by atoms with Gasteiger partial charge in [-0.15, -0.1) is 0 Å². The van der Waals surface area contributed by atoms with Crippen molar-refractivity contribution in [3.63, 3.8) is 0 Å². The van der Waals surface area contributed by atoms with Crippen LogP contribution in [0, 0.1) is 5.92 Å². The number of hydrogen-bond donors (Lipinski definition) is 1. The number of hydrogen-bond acceptors (Lipinski definition) is 3. The Hall–Kier alpha value is -3.11. The summed E-state index contributed by atoms with van der Waals surface area (Å²) in [6, 6.07) is 26.0. The van der Waals surface area contributed by atoms with E-state index in [0.29, 0.717) is 0 Å². The molecule has 1 aliphatic rings. The van der Waals surface area contributed by atoms with Crippen molar-refractivity contribution in [1.29, 1.82) is 0 Å². The van der Waals surface area contributed by atoms with Crippen molar-refractivity contribution in [2.24, 2.45) is 5.92 Å². The van der Waals surface area contributed by atoms with E-state index in [9.17, 15) is 9.90 Å². The van der Waals surface area contributed by atoms with Crippen LogP contribution >= 0.6 is 0 Å². The summed E-state index contributed by atoms with van der Waals surface area (Å²) in [6.45, 7) is 0.0652. The zero-order valence-electron chi connectivity index (χ0n) is 17.2. The number of ether oxygens (including phenoxy) is 1. The van der Waals surface area contributed by atoms with Gasteiger partial charge in [-0.05, 0) is 60.2 Å². The summed E-state index contributed by atoms with van der Waals surface area (Å²) >= 11 is 0. The lowest BCUT2D eigenvalue weighted by molar-refractivity contribution is -0.130. The van der Waals surface area contributed by atoms with Crippen LogP contribution in [0.1, 0.15) is 35.6 Å². The fourth-order valence-electron chi connectivity index (χ4n) is 4.23. The summed E-state index contributed by atoms with van der Waals surface area (Å²) in [4.78, 5) is 15.0. The number of aliphatic hydroxyl groups excluding tert-OH is 1. The predicted octanol–water partition coefficient (Wildman–Crippen LogP) is 4.91. The molecule has 3 aromatic carbocycles. The van der Waals surface area contributed by atoms with Crippen LogP contribution in [0.15, 0.2) is 78.9 Å². The third-order valence-corrected chi connectivity index (χ3v) is 5.89. The standard InChI is InChI=1S/C26H27NO3/c1-30-23-16-14-21(15-17-23)25-24(26(29)27(25)22-7-3-2-4-8-22)9-5-6-19-10-12-20(18-28)13-11-19/h2-4,7-8,10-17,24-25,28H,5-6,9,18H2,1H3/t24-,25-/m1/s1. The minimum atomic E-state index is -0.0182. The van der Waals surface area contributed by atoms with Crippen LogP contribution in [0.25, 0.3) is 0 Å². The number of aryl methyl sites for hydroxylation is 1. The molecular formula is C26H27NO3. The highest BCUT2D eigenvalue weighted by molar-refractivity contribution is 6.03. The Kier molecular flexibility index (Phi) is 6.15. The summed E-state index contributed by atoms with van der Waals surface area (Å²) in [6.07, 6.45) is 2.72. The molecule has 154 valence electrons. The Morgan fingerprint density at radius 2 is 1.57 bits per heavy atom. The first kappa shape index (κ1) is 20.2. The topological polar surface area (TPSA) is 49.8 Å². The lowest BCUT2D eigenvalue weighted by Crippen LogP contribution is -2.55. The Labute approximate surface area is 177 Å². The van der Waals surface area contributed by atoms with Crippen molar-refractivity contribution in [2.45, 2.75) is 31.9 Å². The molecule has 0 aliphatic carbocycles. The lowest BCUT2D eigenvalue weighted by atomic mass is 9.78. The Balaban J connectivity index is 1.49. The zero-order chi connectivity index (χ0) is 20.9. The number of anilines is 1. The summed E-state index contributed by atoms with van der Waals surface area (Å²) in [5.74, 6) is 0.992. The average Bonchev–Trinajstić information content (AvgIpc) is 2.81. The highest BCUT2D eigenvalue weighted by Gasteiger charge is 2.48. The molecule has 0 aromatic heterocycles. The SMILES string of the molecule is COc1ccc([C@@H]2[C@@H](CCCc3ccc(CO)cc3)C(=O)N2c2ccccc2)cc1. The molecule has 1 heterocycles. The number of rotatable bonds is 8. The first-order chi connectivity index (χ1) is 14.7. The van der Waals surface area contributed by atoms with Crippen LogP contribution < -0.4 is 9.64 Å². The maximum atomic E-state index is 13.1. The Morgan fingerprint density at radius 1 is 0.900 bits per heavy atom. The molecule has 4 rings (SSSR count). The second-order valence-corrected chi connectivity index (χ2v) is 7.74. The molecule has 0 unspecified atom stereocenters. The van der Waals surface area contributed by atoms with E-state index in [4.69, 9.17) is 4.74 Å². The van der Waals surface area contributed by atoms with Gasteiger partial charge in [0.25, 0.3) is 0 Å². The number of carbonyl (C=O) groups excluding carboxylic acids is 1. The maximum absolute atomic E-state index is 13.1. The Morgan fingerprint density at radius 3 is 2.20 bits per heavy atom. The molecule has 1 N–H and O–H groups in total. The van der Waals surface area contributed by atoms with E-state index >= 15 is 0 Å². The van der Waals surface area contributed by atoms with Crippen molar-refractivity contribution in [3.8, 4) is 5.75 Å². The normalized spacial score (nSPS) is 18.2. The van der Waals surface area contributed by atoms with Crippen molar-refractivity contribution >= 4 is 11.6 Å². The third kappa shape index (κ3) is 4.10. The van der Waals surface area contributed by atoms with Gasteiger partial charge in [0, 0.05) is 5.69 Å². The minimum absolute atomic E-state index is 0.0182. The van der Waals surface area contributed by atoms with E-state index in [1.54, 1.807) is 7.11 Å². The molecule has 0 bridgehead atoms. The second kappa shape index (κ2) is 9.14. The van der Waals surface area contributed by atoms with Crippen molar-refractivity contribution < 1.29 is 14.6 Å². The van der Waals surface area contributed by atoms with E-state index in [1.165, 1.54) is 5.56 Å². The quantitative estimate of drug-likeness (QED) is 0.546. The van der Waals surface area contributed by atoms with Gasteiger partial charge in [-0.2, -0.15) is 0 Å². The molecule has 4 nitrogen and oxygen atoms in total. The molecular weight excluding hydrogens is 374 g/mol. The molecule has 2 atom stereocenters. The van der Waals surface area contributed by atoms with E-state index in [2.05, 4.69) is 24.3 Å². The van der Waals surface area contributed by atoms with Gasteiger partial charge in [0.1, 0.15) is 5.75 Å². The molecule has 30 heavy (non-hydrogen) atoms. The number of benzene rings is 3. The fourth-order valence-corrected chi connectivity index (χ4v) is 4.23. The number of para-hydroxylation sites is 1. The number of amides is 1. The Bertz CT molecular complexity index is 967. The molecule has 3 aromatic rings. The van der Waals surface area contributed by atoms with Gasteiger partial charge >= 0.3 is 0 Å². The van der Waals surface area contributed by atoms with Gasteiger partial charge in [0.15, 0.2) is 0 Å². The molecule has 0 radical (unpaired) electrons. The van der Waals surface area contributed by atoms with Crippen LogP contribution in [0.3, 0.4) is 0 Å². The van der Waals surface area contributed by atoms with Gasteiger partial charge in [0.05, 0.1) is 25.7 Å². The molecule has 0 saturated carbocycles. The van der Waals surface area contributed by atoms with Gasteiger partial charge in [-0.3, -0.25) is 4.79 Å². The average molecular weight is 402 g/mol. The van der Waals surface area contributed by atoms with Crippen LogP contribution in [-0.2, 0) is 17.8 Å². The highest BCUT2D eigenvalue weighted by atomic mass is 16.5. The fraction of sp³-hybridized carbons (Fsp3) is 0.269. The van der Waals surface area contributed by atoms with Gasteiger partial charge < -0.3 is 14.7 Å². The third-order valence-electron chi connectivity index (χ3n) is 5.89. The molecule has 1 fully saturated rings. The van der Waals surface area contributed by atoms with Gasteiger partial charge in [0.2, 0.25) is 5.91 Å². The summed E-state index contributed by atoms with van der Waals surface area (Å²) in [5.41, 5.74) is 4.24. The van der Waals surface area contributed by atoms with E-state index < -0.39 is 0 Å². The minimum Gasteiger partial charge on any atom is -0.497 e. The number of aliphatic hydroxyl groups is 1. The van der Waals surface area contributed by atoms with E-state index in [0.717, 1.165) is 41.8 Å². The highest BCUT2D eigenvalue weighted by Crippen LogP contribution is 2.45. The number of carbonyl (C=O) groups is 1. The molecule has 1 aliphatic heterocycles.